The molecule has 2 saturated heterocycles. The number of anilines is 1. The molecule has 2 aliphatic heterocycles. The number of aromatic amines is 1. The summed E-state index contributed by atoms with van der Waals surface area (Å²) < 4.78 is 49.4. The number of hydrogen-bond acceptors (Lipinski definition) is 17. The van der Waals surface area contributed by atoms with Gasteiger partial charge in [-0.25, -0.2) is 18.6 Å². The molecule has 0 saturated carbocycles. The van der Waals surface area contributed by atoms with Gasteiger partial charge in [0.15, 0.2) is 17.4 Å². The summed E-state index contributed by atoms with van der Waals surface area (Å²) in [4.78, 5) is 41.8. The normalized spacial score (nSPS) is 36.3. The molecule has 0 bridgehead atoms. The zero-order valence-corrected chi connectivity index (χ0v) is 21.2. The number of H-pyrrole nitrogens is 1. The van der Waals surface area contributed by atoms with E-state index in [1.807, 2.05) is 0 Å². The maximum atomic E-state index is 12.4. The Morgan fingerprint density at radius 3 is 2.41 bits per heavy atom. The van der Waals surface area contributed by atoms with E-state index in [2.05, 4.69) is 28.3 Å². The molecule has 2 aromatic rings. The van der Waals surface area contributed by atoms with Crippen LogP contribution in [-0.2, 0) is 32.0 Å². The number of rotatable bonds is 10. The molecule has 21 nitrogen and oxygen atoms in total. The van der Waals surface area contributed by atoms with Crippen LogP contribution in [0, 0.1) is 0 Å². The van der Waals surface area contributed by atoms with Crippen LogP contribution in [0.4, 0.5) is 5.95 Å². The molecule has 39 heavy (non-hydrogen) atoms. The minimum Gasteiger partial charge on any atom is -0.394 e. The summed E-state index contributed by atoms with van der Waals surface area (Å²) >= 11 is 0. The number of hydrogen-bond donors (Lipinski definition) is 10. The maximum Gasteiger partial charge on any atom is 0.483 e. The molecule has 0 aromatic carbocycles. The fourth-order valence-corrected chi connectivity index (χ4v) is 6.30. The highest BCUT2D eigenvalue weighted by atomic mass is 31.3. The Labute approximate surface area is 216 Å². The van der Waals surface area contributed by atoms with Gasteiger partial charge in [0.1, 0.15) is 43.2 Å². The lowest BCUT2D eigenvalue weighted by Crippen LogP contribution is -2.48. The number of fused-ring (bicyclic) bond motifs is 1. The minimum atomic E-state index is -5.72. The monoisotopic (exact) mass is 605 g/mol. The molecule has 2 aromatic heterocycles. The number of phosphoric acid groups is 2. The summed E-state index contributed by atoms with van der Waals surface area (Å²) in [5.74, 6) is -3.11. The van der Waals surface area contributed by atoms with Gasteiger partial charge in [-0.3, -0.25) is 18.9 Å². The van der Waals surface area contributed by atoms with Gasteiger partial charge in [0.2, 0.25) is 11.7 Å². The zero-order valence-electron chi connectivity index (χ0n) is 19.4. The highest BCUT2D eigenvalue weighted by Gasteiger charge is 2.59. The van der Waals surface area contributed by atoms with Crippen LogP contribution in [0.3, 0.4) is 0 Å². The van der Waals surface area contributed by atoms with Crippen molar-refractivity contribution in [1.82, 2.24) is 19.5 Å². The Morgan fingerprint density at radius 1 is 1.10 bits per heavy atom. The molecule has 10 atom stereocenters. The van der Waals surface area contributed by atoms with Crippen molar-refractivity contribution in [3.05, 3.63) is 16.7 Å². The molecule has 0 spiro atoms. The second kappa shape index (κ2) is 10.8. The van der Waals surface area contributed by atoms with E-state index in [1.165, 1.54) is 0 Å². The molecule has 2 unspecified atom stereocenters. The van der Waals surface area contributed by atoms with Crippen LogP contribution in [0.5, 0.6) is 0 Å². The predicted molar refractivity (Wildman–Crippen MR) is 120 cm³/mol. The molecule has 2 fully saturated rings. The van der Waals surface area contributed by atoms with Gasteiger partial charge < -0.3 is 55.6 Å². The van der Waals surface area contributed by atoms with Crippen molar-refractivity contribution in [1.29, 1.82) is 0 Å². The Balaban J connectivity index is 1.43. The number of nitrogens with zero attached hydrogens (tertiary/aromatic N) is 3. The molecule has 23 heteroatoms. The molecule has 0 aliphatic carbocycles. The van der Waals surface area contributed by atoms with Crippen LogP contribution in [-0.4, -0.2) is 122 Å². The summed E-state index contributed by atoms with van der Waals surface area (Å²) in [5.41, 5.74) is 4.53. The summed E-state index contributed by atoms with van der Waals surface area (Å²) in [6.45, 7) is -3.27. The lowest BCUT2D eigenvalue weighted by Gasteiger charge is -2.31. The third-order valence-electron chi connectivity index (χ3n) is 5.85. The van der Waals surface area contributed by atoms with Crippen molar-refractivity contribution in [2.75, 3.05) is 25.6 Å². The van der Waals surface area contributed by atoms with Crippen LogP contribution in [0.1, 0.15) is 6.23 Å². The molecule has 2 aliphatic rings. The van der Waals surface area contributed by atoms with Crippen molar-refractivity contribution in [2.45, 2.75) is 48.6 Å². The average Bonchev–Trinajstić information content (AvgIpc) is 3.46. The molecule has 4 heterocycles. The van der Waals surface area contributed by atoms with Gasteiger partial charge in [0.25, 0.3) is 5.56 Å². The number of aliphatic hydroxyl groups is 6. The first-order chi connectivity index (χ1) is 18.1. The van der Waals surface area contributed by atoms with E-state index in [1.54, 1.807) is 0 Å². The lowest BCUT2D eigenvalue weighted by molar-refractivity contribution is -0.237. The van der Waals surface area contributed by atoms with Crippen molar-refractivity contribution in [3.63, 3.8) is 0 Å². The molecule has 220 valence electrons. The topological polar surface area (TPSA) is 332 Å². The van der Waals surface area contributed by atoms with Crippen LogP contribution in [0.25, 0.3) is 11.2 Å². The van der Waals surface area contributed by atoms with E-state index in [0.717, 1.165) is 10.9 Å². The van der Waals surface area contributed by atoms with Crippen LogP contribution >= 0.6 is 15.6 Å². The van der Waals surface area contributed by atoms with Crippen molar-refractivity contribution in [2.24, 2.45) is 0 Å². The minimum absolute atomic E-state index is 0.119. The first-order valence-electron chi connectivity index (χ1n) is 10.9. The van der Waals surface area contributed by atoms with Gasteiger partial charge in [0.05, 0.1) is 19.5 Å². The third-order valence-corrected chi connectivity index (χ3v) is 8.51. The number of nitrogen functional groups attached to an aromatic ring is 1. The molecule has 0 amide bonds. The van der Waals surface area contributed by atoms with E-state index >= 15 is 0 Å². The first kappa shape index (κ1) is 30.1. The summed E-state index contributed by atoms with van der Waals surface area (Å²) in [6, 6.07) is 0. The fraction of sp³-hybridized carbons (Fsp3) is 0.688. The third kappa shape index (κ3) is 5.79. The molecule has 0 radical (unpaired) electrons. The van der Waals surface area contributed by atoms with Gasteiger partial charge in [-0.05, 0) is 0 Å². The van der Waals surface area contributed by atoms with Crippen LogP contribution < -0.4 is 11.3 Å². The largest absolute Gasteiger partial charge is 0.483 e. The Hall–Kier alpha value is -1.91. The Bertz CT molecular complexity index is 1360. The first-order valence-corrected chi connectivity index (χ1v) is 13.8. The van der Waals surface area contributed by atoms with Crippen LogP contribution in [0.2, 0.25) is 0 Å². The summed E-state index contributed by atoms with van der Waals surface area (Å²) in [5, 5.41) is 59.3. The fourth-order valence-electron chi connectivity index (χ4n) is 4.00. The average molecular weight is 605 g/mol. The van der Waals surface area contributed by atoms with Crippen molar-refractivity contribution in [3.8, 4) is 0 Å². The summed E-state index contributed by atoms with van der Waals surface area (Å²) in [7, 11) is -11.3. The van der Waals surface area contributed by atoms with Crippen LogP contribution in [0.15, 0.2) is 11.1 Å². The summed E-state index contributed by atoms with van der Waals surface area (Å²) in [6.07, 6.45) is -11.0. The van der Waals surface area contributed by atoms with E-state index in [4.69, 9.17) is 20.3 Å². The number of nitrogens with two attached hydrogens (primary N) is 1. The quantitative estimate of drug-likeness (QED) is 0.114. The van der Waals surface area contributed by atoms with Gasteiger partial charge in [-0.2, -0.15) is 9.29 Å². The Morgan fingerprint density at radius 2 is 1.79 bits per heavy atom. The number of ether oxygens (including phenoxy) is 2. The van der Waals surface area contributed by atoms with Crippen molar-refractivity contribution < 1.29 is 72.4 Å². The second-order valence-corrected chi connectivity index (χ2v) is 11.4. The SMILES string of the molecule is Nc1nc2c(ncn2[C@@H]2O[C@H](COP(=O)(O)OP(=O)(O)O[C@]3(CO)O[C@H](CO)[C@@H](O)[C@@H]3O)[C@@H](O)[C@H]2O)c(=O)[nH]1. The molecular weight excluding hydrogens is 580 g/mol. The van der Waals surface area contributed by atoms with E-state index in [0.29, 0.717) is 0 Å². The van der Waals surface area contributed by atoms with Gasteiger partial charge in [0, 0.05) is 0 Å². The smallest absolute Gasteiger partial charge is 0.394 e. The van der Waals surface area contributed by atoms with Gasteiger partial charge >= 0.3 is 15.6 Å². The molecular formula is C16H25N5O16P2. The van der Waals surface area contributed by atoms with E-state index < -0.39 is 89.7 Å². The number of imidazole rings is 1. The highest BCUT2D eigenvalue weighted by molar-refractivity contribution is 7.61. The van der Waals surface area contributed by atoms with Gasteiger partial charge in [-0.1, -0.05) is 0 Å². The van der Waals surface area contributed by atoms with E-state index in [-0.39, 0.29) is 17.1 Å². The number of phosphoric ester groups is 2. The number of aromatic nitrogens is 4. The second-order valence-electron chi connectivity index (χ2n) is 8.47. The zero-order chi connectivity index (χ0) is 28.9. The maximum absolute atomic E-state index is 12.4. The van der Waals surface area contributed by atoms with Crippen molar-refractivity contribution >= 4 is 32.8 Å². The number of nitrogens with one attached hydrogen (secondary N) is 1. The molecule has 11 N–H and O–H groups in total. The molecule has 4 rings (SSSR count). The van der Waals surface area contributed by atoms with E-state index in [9.17, 15) is 49.2 Å². The Kier molecular flexibility index (Phi) is 8.34. The predicted octanol–water partition coefficient (Wildman–Crippen LogP) is -4.63. The number of aliphatic hydroxyl groups excluding tert-OH is 6. The van der Waals surface area contributed by atoms with Gasteiger partial charge in [-0.15, -0.1) is 0 Å². The lowest BCUT2D eigenvalue weighted by atomic mass is 10.1. The standard InChI is InChI=1S/C16H25N5O16P2/c17-15-19-12-7(13(28)20-15)18-4-21(12)14-10(26)8(24)6(34-14)2-33-38(29,30)37-39(31,32)36-16(3-23)11(27)9(25)5(1-22)35-16/h4-6,8-11,14,22-27H,1-3H2,(H,29,30)(H,31,32)(H3,17,19,20,28)/t5-,6-,8-,9-,10-,11+,14-,16+/m1/s1. The highest BCUT2D eigenvalue weighted by Crippen LogP contribution is 2.63.